The molecule has 1 aromatic carbocycles. The molecule has 0 aromatic heterocycles. The third kappa shape index (κ3) is 4.10. The normalized spacial score (nSPS) is 31.3. The molecular formula is C19H27NO2. The topological polar surface area (TPSA) is 49.3 Å². The van der Waals surface area contributed by atoms with E-state index in [4.69, 9.17) is 0 Å². The predicted molar refractivity (Wildman–Crippen MR) is 87.4 cm³/mol. The number of hydrogen-bond donors (Lipinski definition) is 2. The van der Waals surface area contributed by atoms with Crippen molar-refractivity contribution in [2.24, 2.45) is 11.8 Å². The van der Waals surface area contributed by atoms with Gasteiger partial charge in [0, 0.05) is 12.0 Å². The van der Waals surface area contributed by atoms with Gasteiger partial charge in [-0.25, -0.2) is 0 Å². The molecule has 3 rings (SSSR count). The first kappa shape index (κ1) is 15.5. The van der Waals surface area contributed by atoms with Gasteiger partial charge in [-0.2, -0.15) is 0 Å². The number of nitrogens with one attached hydrogen (secondary N) is 1. The fourth-order valence-electron chi connectivity index (χ4n) is 3.74. The van der Waals surface area contributed by atoms with E-state index >= 15 is 0 Å². The van der Waals surface area contributed by atoms with Crippen molar-refractivity contribution in [2.75, 3.05) is 0 Å². The molecule has 3 nitrogen and oxygen atoms in total. The fraction of sp³-hybridized carbons (Fsp3) is 0.632. The van der Waals surface area contributed by atoms with Gasteiger partial charge in [-0.1, -0.05) is 30.3 Å². The van der Waals surface area contributed by atoms with Crippen LogP contribution in [0.3, 0.4) is 0 Å². The van der Waals surface area contributed by atoms with E-state index in [1.165, 1.54) is 12.0 Å². The molecule has 120 valence electrons. The van der Waals surface area contributed by atoms with Crippen LogP contribution >= 0.6 is 0 Å². The van der Waals surface area contributed by atoms with Crippen LogP contribution in [0.2, 0.25) is 0 Å². The summed E-state index contributed by atoms with van der Waals surface area (Å²) in [5.74, 6) is 1.19. The lowest BCUT2D eigenvalue weighted by atomic mass is 9.72. The lowest BCUT2D eigenvalue weighted by Crippen LogP contribution is -2.45. The molecule has 0 saturated heterocycles. The summed E-state index contributed by atoms with van der Waals surface area (Å²) in [6, 6.07) is 10.9. The van der Waals surface area contributed by atoms with Crippen LogP contribution in [0, 0.1) is 11.8 Å². The van der Waals surface area contributed by atoms with Crippen molar-refractivity contribution < 1.29 is 9.90 Å². The summed E-state index contributed by atoms with van der Waals surface area (Å²) >= 11 is 0. The Morgan fingerprint density at radius 2 is 1.77 bits per heavy atom. The standard InChI is InChI=1S/C19H27NO2/c21-18-10-8-17(9-11-18)20-19(22)16-12-15(13-16)7-6-14-4-2-1-3-5-14/h1-5,15-18,21H,6-13H2,(H,20,22)/t15?,16?,17-,18-. The van der Waals surface area contributed by atoms with Crippen LogP contribution in [0.4, 0.5) is 0 Å². The Bertz CT molecular complexity index is 473. The highest BCUT2D eigenvalue weighted by molar-refractivity contribution is 5.79. The van der Waals surface area contributed by atoms with E-state index in [1.54, 1.807) is 0 Å². The molecule has 2 fully saturated rings. The van der Waals surface area contributed by atoms with Crippen LogP contribution in [0.15, 0.2) is 30.3 Å². The van der Waals surface area contributed by atoms with Crippen molar-refractivity contribution in [3.8, 4) is 0 Å². The maximum absolute atomic E-state index is 12.2. The van der Waals surface area contributed by atoms with Crippen molar-refractivity contribution in [2.45, 2.75) is 63.5 Å². The van der Waals surface area contributed by atoms with Crippen LogP contribution in [0.5, 0.6) is 0 Å². The number of hydrogen-bond acceptors (Lipinski definition) is 2. The summed E-state index contributed by atoms with van der Waals surface area (Å²) in [5.41, 5.74) is 1.40. The van der Waals surface area contributed by atoms with Crippen LogP contribution in [-0.4, -0.2) is 23.2 Å². The maximum Gasteiger partial charge on any atom is 0.223 e. The SMILES string of the molecule is O=C(N[C@H]1CC[C@H](O)CC1)C1CC(CCc2ccccc2)C1. The van der Waals surface area contributed by atoms with Gasteiger partial charge >= 0.3 is 0 Å². The maximum atomic E-state index is 12.2. The predicted octanol–water partition coefficient (Wildman–Crippen LogP) is 3.07. The molecule has 0 bridgehead atoms. The number of aliphatic hydroxyl groups excluding tert-OH is 1. The summed E-state index contributed by atoms with van der Waals surface area (Å²) in [7, 11) is 0. The van der Waals surface area contributed by atoms with Gasteiger partial charge in [0.05, 0.1) is 6.10 Å². The fourth-order valence-corrected chi connectivity index (χ4v) is 3.74. The second-order valence-electron chi connectivity index (χ2n) is 7.07. The number of benzene rings is 1. The average Bonchev–Trinajstić information content (AvgIpc) is 2.49. The molecule has 0 atom stereocenters. The quantitative estimate of drug-likeness (QED) is 0.878. The van der Waals surface area contributed by atoms with E-state index in [9.17, 15) is 9.90 Å². The zero-order valence-corrected chi connectivity index (χ0v) is 13.2. The summed E-state index contributed by atoms with van der Waals surface area (Å²) in [6.07, 6.45) is 7.78. The van der Waals surface area contributed by atoms with E-state index in [0.29, 0.717) is 12.0 Å². The summed E-state index contributed by atoms with van der Waals surface area (Å²) in [6.45, 7) is 0. The zero-order valence-electron chi connectivity index (χ0n) is 13.2. The molecule has 0 radical (unpaired) electrons. The number of carbonyl (C=O) groups excluding carboxylic acids is 1. The molecule has 0 unspecified atom stereocenters. The largest absolute Gasteiger partial charge is 0.393 e. The van der Waals surface area contributed by atoms with Crippen LogP contribution in [0.25, 0.3) is 0 Å². The highest BCUT2D eigenvalue weighted by atomic mass is 16.3. The minimum absolute atomic E-state index is 0.153. The second kappa shape index (κ2) is 7.28. The molecule has 2 aliphatic rings. The molecule has 2 saturated carbocycles. The van der Waals surface area contributed by atoms with E-state index in [0.717, 1.165) is 44.9 Å². The first-order chi connectivity index (χ1) is 10.7. The molecule has 3 heteroatoms. The Balaban J connectivity index is 1.33. The van der Waals surface area contributed by atoms with Gasteiger partial charge in [-0.15, -0.1) is 0 Å². The molecule has 1 aromatic rings. The Hall–Kier alpha value is -1.35. The van der Waals surface area contributed by atoms with Gasteiger partial charge in [0.2, 0.25) is 5.91 Å². The summed E-state index contributed by atoms with van der Waals surface area (Å²) in [5, 5.41) is 12.7. The molecule has 2 N–H and O–H groups in total. The van der Waals surface area contributed by atoms with E-state index in [1.807, 2.05) is 0 Å². The van der Waals surface area contributed by atoms with E-state index < -0.39 is 0 Å². The highest BCUT2D eigenvalue weighted by Crippen LogP contribution is 2.37. The first-order valence-corrected chi connectivity index (χ1v) is 8.73. The smallest absolute Gasteiger partial charge is 0.223 e. The van der Waals surface area contributed by atoms with Gasteiger partial charge in [0.25, 0.3) is 0 Å². The minimum atomic E-state index is -0.153. The van der Waals surface area contributed by atoms with Gasteiger partial charge in [0.1, 0.15) is 0 Å². The van der Waals surface area contributed by atoms with E-state index in [-0.39, 0.29) is 17.9 Å². The van der Waals surface area contributed by atoms with Gasteiger partial charge < -0.3 is 10.4 Å². The zero-order chi connectivity index (χ0) is 15.4. The van der Waals surface area contributed by atoms with Crippen molar-refractivity contribution in [3.63, 3.8) is 0 Å². The van der Waals surface area contributed by atoms with Crippen LogP contribution in [0.1, 0.15) is 50.5 Å². The molecule has 0 heterocycles. The molecule has 0 spiro atoms. The van der Waals surface area contributed by atoms with Gasteiger partial charge in [-0.3, -0.25) is 4.79 Å². The van der Waals surface area contributed by atoms with Crippen molar-refractivity contribution in [1.82, 2.24) is 5.32 Å². The Labute approximate surface area is 133 Å². The first-order valence-electron chi connectivity index (χ1n) is 8.73. The third-order valence-electron chi connectivity index (χ3n) is 5.33. The van der Waals surface area contributed by atoms with Crippen molar-refractivity contribution in [3.05, 3.63) is 35.9 Å². The number of aliphatic hydroxyl groups is 1. The molecule has 0 aliphatic heterocycles. The highest BCUT2D eigenvalue weighted by Gasteiger charge is 2.35. The average molecular weight is 301 g/mol. The summed E-state index contributed by atoms with van der Waals surface area (Å²) < 4.78 is 0. The molecular weight excluding hydrogens is 274 g/mol. The number of rotatable bonds is 5. The number of aryl methyl sites for hydroxylation is 1. The van der Waals surface area contributed by atoms with Crippen molar-refractivity contribution >= 4 is 5.91 Å². The second-order valence-corrected chi connectivity index (χ2v) is 7.07. The lowest BCUT2D eigenvalue weighted by Gasteiger charge is -2.36. The minimum Gasteiger partial charge on any atom is -0.393 e. The number of carbonyl (C=O) groups is 1. The molecule has 2 aliphatic carbocycles. The van der Waals surface area contributed by atoms with Gasteiger partial charge in [-0.05, 0) is 62.8 Å². The monoisotopic (exact) mass is 301 g/mol. The molecule has 22 heavy (non-hydrogen) atoms. The Kier molecular flexibility index (Phi) is 5.14. The Morgan fingerprint density at radius 3 is 2.45 bits per heavy atom. The van der Waals surface area contributed by atoms with E-state index in [2.05, 4.69) is 35.6 Å². The number of amides is 1. The van der Waals surface area contributed by atoms with Crippen LogP contribution < -0.4 is 5.32 Å². The van der Waals surface area contributed by atoms with Crippen LogP contribution in [-0.2, 0) is 11.2 Å². The summed E-state index contributed by atoms with van der Waals surface area (Å²) in [4.78, 5) is 12.2. The lowest BCUT2D eigenvalue weighted by molar-refractivity contribution is -0.130. The van der Waals surface area contributed by atoms with Crippen molar-refractivity contribution in [1.29, 1.82) is 0 Å². The third-order valence-corrected chi connectivity index (χ3v) is 5.33. The Morgan fingerprint density at radius 1 is 1.09 bits per heavy atom. The molecule has 1 amide bonds. The van der Waals surface area contributed by atoms with Gasteiger partial charge in [0.15, 0.2) is 0 Å².